The van der Waals surface area contributed by atoms with Gasteiger partial charge in [-0.1, -0.05) is 36.4 Å². The summed E-state index contributed by atoms with van der Waals surface area (Å²) in [6.45, 7) is 5.05. The predicted molar refractivity (Wildman–Crippen MR) is 103 cm³/mol. The first-order chi connectivity index (χ1) is 13.6. The van der Waals surface area contributed by atoms with Crippen LogP contribution in [0, 0.1) is 11.6 Å². The molecule has 1 unspecified atom stereocenters. The molecule has 2 N–H and O–H groups in total. The lowest BCUT2D eigenvalue weighted by molar-refractivity contribution is 0.0520. The molecule has 0 bridgehead atoms. The minimum absolute atomic E-state index is 0.0384. The van der Waals surface area contributed by atoms with Crippen LogP contribution in [0.4, 0.5) is 18.4 Å². The number of hydrogen-bond donors (Lipinski definition) is 2. The van der Waals surface area contributed by atoms with Gasteiger partial charge < -0.3 is 20.1 Å². The Morgan fingerprint density at radius 2 is 1.69 bits per heavy atom. The van der Waals surface area contributed by atoms with Crippen LogP contribution in [0.3, 0.4) is 0 Å². The molecule has 2 amide bonds. The topological polar surface area (TPSA) is 76.7 Å². The number of nitrogens with one attached hydrogen (secondary N) is 2. The van der Waals surface area contributed by atoms with Crippen molar-refractivity contribution in [2.75, 3.05) is 6.54 Å². The first-order valence-corrected chi connectivity index (χ1v) is 9.03. The van der Waals surface area contributed by atoms with Crippen molar-refractivity contribution >= 4 is 12.2 Å². The van der Waals surface area contributed by atoms with Crippen LogP contribution >= 0.6 is 0 Å². The molecule has 0 spiro atoms. The van der Waals surface area contributed by atoms with Crippen LogP contribution in [0.2, 0.25) is 0 Å². The lowest BCUT2D eigenvalue weighted by atomic mass is 10.1. The molecular formula is C21H24F2N2O4. The van der Waals surface area contributed by atoms with E-state index in [2.05, 4.69) is 10.6 Å². The van der Waals surface area contributed by atoms with Crippen LogP contribution in [0.25, 0.3) is 0 Å². The highest BCUT2D eigenvalue weighted by molar-refractivity contribution is 5.69. The second-order valence-corrected chi connectivity index (χ2v) is 7.31. The van der Waals surface area contributed by atoms with Crippen molar-refractivity contribution in [1.82, 2.24) is 10.6 Å². The summed E-state index contributed by atoms with van der Waals surface area (Å²) >= 11 is 0. The predicted octanol–water partition coefficient (Wildman–Crippen LogP) is 4.46. The van der Waals surface area contributed by atoms with Gasteiger partial charge in [0, 0.05) is 6.54 Å². The van der Waals surface area contributed by atoms with Gasteiger partial charge in [-0.15, -0.1) is 0 Å². The Hall–Kier alpha value is -3.16. The Balaban J connectivity index is 2.04. The second kappa shape index (κ2) is 9.86. The van der Waals surface area contributed by atoms with Crippen LogP contribution in [0.1, 0.15) is 37.9 Å². The minimum Gasteiger partial charge on any atom is -0.445 e. The molecule has 0 saturated heterocycles. The van der Waals surface area contributed by atoms with Crippen LogP contribution in [-0.2, 0) is 16.1 Å². The van der Waals surface area contributed by atoms with E-state index in [0.29, 0.717) is 0 Å². The van der Waals surface area contributed by atoms with Crippen LogP contribution in [-0.4, -0.2) is 24.3 Å². The number of rotatable bonds is 6. The molecule has 0 heterocycles. The maximum Gasteiger partial charge on any atom is 0.408 e. The molecule has 156 valence electrons. The van der Waals surface area contributed by atoms with E-state index < -0.39 is 35.5 Å². The highest BCUT2D eigenvalue weighted by Gasteiger charge is 2.21. The lowest BCUT2D eigenvalue weighted by Crippen LogP contribution is -2.40. The van der Waals surface area contributed by atoms with Crippen molar-refractivity contribution in [3.63, 3.8) is 0 Å². The maximum absolute atomic E-state index is 13.6. The van der Waals surface area contributed by atoms with Gasteiger partial charge in [-0.25, -0.2) is 18.4 Å². The van der Waals surface area contributed by atoms with Gasteiger partial charge in [0.05, 0.1) is 6.04 Å². The Morgan fingerprint density at radius 1 is 1.00 bits per heavy atom. The summed E-state index contributed by atoms with van der Waals surface area (Å²) < 4.78 is 37.2. The lowest BCUT2D eigenvalue weighted by Gasteiger charge is -2.23. The number of ether oxygens (including phenoxy) is 2. The molecule has 29 heavy (non-hydrogen) atoms. The van der Waals surface area contributed by atoms with Gasteiger partial charge in [-0.2, -0.15) is 0 Å². The zero-order chi connectivity index (χ0) is 21.4. The van der Waals surface area contributed by atoms with Gasteiger partial charge in [0.2, 0.25) is 0 Å². The fourth-order valence-corrected chi connectivity index (χ4v) is 2.39. The van der Waals surface area contributed by atoms with Crippen molar-refractivity contribution in [2.24, 2.45) is 0 Å². The van der Waals surface area contributed by atoms with Crippen molar-refractivity contribution in [2.45, 2.75) is 39.0 Å². The third-order valence-corrected chi connectivity index (χ3v) is 3.70. The summed E-state index contributed by atoms with van der Waals surface area (Å²) in [7, 11) is 0. The van der Waals surface area contributed by atoms with E-state index in [4.69, 9.17) is 9.47 Å². The number of alkyl carbamates (subject to hydrolysis) is 2. The van der Waals surface area contributed by atoms with E-state index in [1.165, 1.54) is 6.07 Å². The first-order valence-electron chi connectivity index (χ1n) is 9.03. The average Bonchev–Trinajstić information content (AvgIpc) is 2.65. The monoisotopic (exact) mass is 406 g/mol. The standard InChI is InChI=1S/C21H24F2N2O4/c1-21(2,3)29-19(26)24-12-18(15-9-10-16(22)17(23)11-15)25-20(27)28-13-14-7-5-4-6-8-14/h4-11,18H,12-13H2,1-3H3,(H,24,26)(H,25,27). The normalized spacial score (nSPS) is 12.0. The summed E-state index contributed by atoms with van der Waals surface area (Å²) in [6, 6.07) is 11.4. The fourth-order valence-electron chi connectivity index (χ4n) is 2.39. The highest BCUT2D eigenvalue weighted by atomic mass is 19.2. The van der Waals surface area contributed by atoms with Gasteiger partial charge in [-0.05, 0) is 44.0 Å². The third-order valence-electron chi connectivity index (χ3n) is 3.70. The largest absolute Gasteiger partial charge is 0.445 e. The van der Waals surface area contributed by atoms with Gasteiger partial charge in [0.15, 0.2) is 11.6 Å². The molecule has 2 aromatic carbocycles. The summed E-state index contributed by atoms with van der Waals surface area (Å²) in [6.07, 6.45) is -1.47. The number of benzene rings is 2. The Bertz CT molecular complexity index is 838. The van der Waals surface area contributed by atoms with Crippen molar-refractivity contribution in [3.05, 3.63) is 71.3 Å². The van der Waals surface area contributed by atoms with E-state index in [-0.39, 0.29) is 18.7 Å². The number of carbonyl (C=O) groups excluding carboxylic acids is 2. The smallest absolute Gasteiger partial charge is 0.408 e. The van der Waals surface area contributed by atoms with Gasteiger partial charge in [0.1, 0.15) is 12.2 Å². The average molecular weight is 406 g/mol. The van der Waals surface area contributed by atoms with Gasteiger partial charge in [-0.3, -0.25) is 0 Å². The van der Waals surface area contributed by atoms with Crippen molar-refractivity contribution in [1.29, 1.82) is 0 Å². The molecule has 2 aromatic rings. The molecular weight excluding hydrogens is 382 g/mol. The quantitative estimate of drug-likeness (QED) is 0.743. The number of hydrogen-bond acceptors (Lipinski definition) is 4. The Kier molecular flexibility index (Phi) is 7.52. The molecule has 2 rings (SSSR count). The van der Waals surface area contributed by atoms with Gasteiger partial charge >= 0.3 is 12.2 Å². The van der Waals surface area contributed by atoms with E-state index in [1.54, 1.807) is 32.9 Å². The van der Waals surface area contributed by atoms with Gasteiger partial charge in [0.25, 0.3) is 0 Å². The molecule has 0 aliphatic rings. The number of carbonyl (C=O) groups is 2. The molecule has 0 aliphatic heterocycles. The van der Waals surface area contributed by atoms with Crippen LogP contribution in [0.15, 0.2) is 48.5 Å². The Labute approximate surface area is 168 Å². The highest BCUT2D eigenvalue weighted by Crippen LogP contribution is 2.17. The summed E-state index contributed by atoms with van der Waals surface area (Å²) in [4.78, 5) is 24.1. The Morgan fingerprint density at radius 3 is 2.31 bits per heavy atom. The van der Waals surface area contributed by atoms with Crippen molar-refractivity contribution in [3.8, 4) is 0 Å². The van der Waals surface area contributed by atoms with E-state index in [1.807, 2.05) is 18.2 Å². The third kappa shape index (κ3) is 7.77. The summed E-state index contributed by atoms with van der Waals surface area (Å²) in [5, 5.41) is 5.05. The molecule has 0 aliphatic carbocycles. The van der Waals surface area contributed by atoms with Crippen LogP contribution < -0.4 is 10.6 Å². The van der Waals surface area contributed by atoms with E-state index in [0.717, 1.165) is 17.7 Å². The molecule has 0 radical (unpaired) electrons. The fraction of sp³-hybridized carbons (Fsp3) is 0.333. The minimum atomic E-state index is -1.07. The molecule has 1 atom stereocenters. The number of halogens is 2. The zero-order valence-corrected chi connectivity index (χ0v) is 16.5. The maximum atomic E-state index is 13.6. The SMILES string of the molecule is CC(C)(C)OC(=O)NCC(NC(=O)OCc1ccccc1)c1ccc(F)c(F)c1. The molecule has 8 heteroatoms. The van der Waals surface area contributed by atoms with E-state index >= 15 is 0 Å². The molecule has 0 saturated carbocycles. The van der Waals surface area contributed by atoms with E-state index in [9.17, 15) is 18.4 Å². The molecule has 0 fully saturated rings. The zero-order valence-electron chi connectivity index (χ0n) is 16.5. The summed E-state index contributed by atoms with van der Waals surface area (Å²) in [5.41, 5.74) is 0.347. The molecule has 0 aromatic heterocycles. The molecule has 6 nitrogen and oxygen atoms in total. The summed E-state index contributed by atoms with van der Waals surface area (Å²) in [5.74, 6) is -2.08. The van der Waals surface area contributed by atoms with Crippen LogP contribution in [0.5, 0.6) is 0 Å². The number of amides is 2. The second-order valence-electron chi connectivity index (χ2n) is 7.31. The first kappa shape index (κ1) is 22.1. The van der Waals surface area contributed by atoms with Crippen molar-refractivity contribution < 1.29 is 27.8 Å².